The maximum atomic E-state index is 11.3. The number of rotatable bonds is 7. The van der Waals surface area contributed by atoms with Crippen molar-refractivity contribution in [2.75, 3.05) is 21.3 Å². The van der Waals surface area contributed by atoms with E-state index in [-0.39, 0.29) is 0 Å². The van der Waals surface area contributed by atoms with Crippen LogP contribution in [0.25, 0.3) is 26.6 Å². The molecule has 32 heavy (non-hydrogen) atoms. The lowest BCUT2D eigenvalue weighted by molar-refractivity contribution is -0.134. The second-order valence-electron chi connectivity index (χ2n) is 6.88. The summed E-state index contributed by atoms with van der Waals surface area (Å²) in [6.45, 7) is 0. The van der Waals surface area contributed by atoms with Gasteiger partial charge >= 0.3 is 5.97 Å². The molecule has 0 saturated carbocycles. The predicted octanol–water partition coefficient (Wildman–Crippen LogP) is 6.56. The van der Waals surface area contributed by atoms with Gasteiger partial charge in [-0.3, -0.25) is 0 Å². The summed E-state index contributed by atoms with van der Waals surface area (Å²) in [5.41, 5.74) is 1.91. The minimum absolute atomic E-state index is 0.394. The predicted molar refractivity (Wildman–Crippen MR) is 128 cm³/mol. The third-order valence-corrected chi connectivity index (χ3v) is 6.10. The highest BCUT2D eigenvalue weighted by molar-refractivity contribution is 7.22. The first-order valence-corrected chi connectivity index (χ1v) is 10.7. The van der Waals surface area contributed by atoms with Gasteiger partial charge in [-0.1, -0.05) is 12.1 Å². The second kappa shape index (κ2) is 9.58. The van der Waals surface area contributed by atoms with Crippen molar-refractivity contribution >= 4 is 33.5 Å². The van der Waals surface area contributed by atoms with Crippen LogP contribution in [-0.2, 0) is 9.53 Å². The molecule has 0 aliphatic rings. The number of esters is 1. The fourth-order valence-corrected chi connectivity index (χ4v) is 4.38. The zero-order chi connectivity index (χ0) is 22.5. The molecule has 162 valence electrons. The quantitative estimate of drug-likeness (QED) is 0.238. The Balaban J connectivity index is 1.71. The molecule has 0 fully saturated rings. The number of methoxy groups -OCH3 is 3. The molecule has 0 radical (unpaired) electrons. The number of carbonyl (C=O) groups excluding carboxylic acids is 1. The molecule has 1 heterocycles. The van der Waals surface area contributed by atoms with Crippen LogP contribution in [0.4, 0.5) is 0 Å². The van der Waals surface area contributed by atoms with Crippen LogP contribution in [0.1, 0.15) is 5.56 Å². The van der Waals surface area contributed by atoms with Gasteiger partial charge in [-0.2, -0.15) is 0 Å². The normalized spacial score (nSPS) is 11.0. The third kappa shape index (κ3) is 4.60. The van der Waals surface area contributed by atoms with Crippen LogP contribution in [0, 0.1) is 0 Å². The van der Waals surface area contributed by atoms with Crippen LogP contribution in [0.5, 0.6) is 23.0 Å². The Hall–Kier alpha value is -3.77. The molecule has 0 unspecified atom stereocenters. The van der Waals surface area contributed by atoms with Gasteiger partial charge in [0.1, 0.15) is 17.2 Å². The molecule has 0 amide bonds. The van der Waals surface area contributed by atoms with Crippen molar-refractivity contribution < 1.29 is 23.7 Å². The maximum absolute atomic E-state index is 11.3. The number of carbonyl (C=O) groups is 1. The molecule has 0 saturated heterocycles. The summed E-state index contributed by atoms with van der Waals surface area (Å²) in [6.07, 6.45) is 3.09. The summed E-state index contributed by atoms with van der Waals surface area (Å²) in [4.78, 5) is 12.3. The van der Waals surface area contributed by atoms with Crippen molar-refractivity contribution in [2.45, 2.75) is 0 Å². The van der Waals surface area contributed by atoms with Gasteiger partial charge in [0, 0.05) is 16.2 Å². The highest BCUT2D eigenvalue weighted by Gasteiger charge is 2.17. The van der Waals surface area contributed by atoms with Crippen LogP contribution in [0.3, 0.4) is 0 Å². The first-order chi connectivity index (χ1) is 15.6. The van der Waals surface area contributed by atoms with Crippen molar-refractivity contribution in [1.29, 1.82) is 0 Å². The number of benzene rings is 3. The van der Waals surface area contributed by atoms with Gasteiger partial charge in [0.05, 0.1) is 26.2 Å². The third-order valence-electron chi connectivity index (χ3n) is 4.92. The van der Waals surface area contributed by atoms with Gasteiger partial charge in [-0.15, -0.1) is 11.3 Å². The Bertz CT molecular complexity index is 1250. The van der Waals surface area contributed by atoms with Crippen molar-refractivity contribution in [2.24, 2.45) is 0 Å². The van der Waals surface area contributed by atoms with E-state index in [1.54, 1.807) is 31.6 Å². The molecule has 0 spiro atoms. The van der Waals surface area contributed by atoms with Gasteiger partial charge in [0.25, 0.3) is 0 Å². The molecule has 4 rings (SSSR count). The van der Waals surface area contributed by atoms with Gasteiger partial charge in [-0.05, 0) is 71.8 Å². The summed E-state index contributed by atoms with van der Waals surface area (Å²) in [5.74, 6) is 2.69. The Labute approximate surface area is 190 Å². The largest absolute Gasteiger partial charge is 0.497 e. The molecule has 0 aliphatic carbocycles. The number of hydrogen-bond acceptors (Lipinski definition) is 6. The molecule has 6 heteroatoms. The lowest BCUT2D eigenvalue weighted by atomic mass is 10.1. The van der Waals surface area contributed by atoms with E-state index in [0.29, 0.717) is 5.75 Å². The molecule has 0 N–H and O–H groups in total. The fourth-order valence-electron chi connectivity index (χ4n) is 3.21. The monoisotopic (exact) mass is 446 g/mol. The average molecular weight is 447 g/mol. The van der Waals surface area contributed by atoms with E-state index in [4.69, 9.17) is 14.2 Å². The molecular weight excluding hydrogens is 424 g/mol. The Kier molecular flexibility index (Phi) is 6.42. The van der Waals surface area contributed by atoms with Gasteiger partial charge in [0.2, 0.25) is 0 Å². The maximum Gasteiger partial charge on any atom is 0.330 e. The van der Waals surface area contributed by atoms with Crippen LogP contribution in [0.2, 0.25) is 0 Å². The Morgan fingerprint density at radius 3 is 2.12 bits per heavy atom. The highest BCUT2D eigenvalue weighted by Crippen LogP contribution is 2.47. The second-order valence-corrected chi connectivity index (χ2v) is 7.93. The molecule has 5 nitrogen and oxygen atoms in total. The number of thiophene rings is 1. The molecular formula is C26H22O5S. The van der Waals surface area contributed by atoms with E-state index in [1.165, 1.54) is 13.2 Å². The Morgan fingerprint density at radius 2 is 1.47 bits per heavy atom. The standard InChI is InChI=1S/C26H22O5S/c1-28-19-11-7-18(8-12-19)26-25(22-14-13-21(29-2)16-23(22)32-26)31-20-9-4-17(5-10-20)6-15-24(27)30-3/h4-16H,1-3H3/b15-6+. The minimum Gasteiger partial charge on any atom is -0.497 e. The van der Waals surface area contributed by atoms with Crippen LogP contribution >= 0.6 is 11.3 Å². The van der Waals surface area contributed by atoms with E-state index in [1.807, 2.05) is 66.7 Å². The zero-order valence-corrected chi connectivity index (χ0v) is 18.8. The minimum atomic E-state index is -0.394. The molecule has 4 aromatic rings. The first kappa shape index (κ1) is 21.5. The van der Waals surface area contributed by atoms with E-state index in [9.17, 15) is 4.79 Å². The van der Waals surface area contributed by atoms with E-state index >= 15 is 0 Å². The van der Waals surface area contributed by atoms with Crippen LogP contribution in [-0.4, -0.2) is 27.3 Å². The van der Waals surface area contributed by atoms with Gasteiger partial charge < -0.3 is 18.9 Å². The van der Waals surface area contributed by atoms with Crippen molar-refractivity contribution in [1.82, 2.24) is 0 Å². The molecule has 3 aromatic carbocycles. The summed E-state index contributed by atoms with van der Waals surface area (Å²) in [7, 11) is 4.66. The van der Waals surface area contributed by atoms with E-state index in [2.05, 4.69) is 4.74 Å². The van der Waals surface area contributed by atoms with Crippen molar-refractivity contribution in [3.05, 3.63) is 78.4 Å². The number of hydrogen-bond donors (Lipinski definition) is 0. The summed E-state index contributed by atoms with van der Waals surface area (Å²) < 4.78 is 22.8. The van der Waals surface area contributed by atoms with Gasteiger partial charge in [-0.25, -0.2) is 4.79 Å². The van der Waals surface area contributed by atoms with Crippen molar-refractivity contribution in [3.63, 3.8) is 0 Å². The van der Waals surface area contributed by atoms with E-state index < -0.39 is 5.97 Å². The first-order valence-electron chi connectivity index (χ1n) is 9.90. The molecule has 1 aromatic heterocycles. The summed E-state index contributed by atoms with van der Waals surface area (Å²) >= 11 is 1.65. The van der Waals surface area contributed by atoms with Crippen LogP contribution in [0.15, 0.2) is 72.8 Å². The molecule has 0 atom stereocenters. The molecule has 0 aliphatic heterocycles. The lowest BCUT2D eigenvalue weighted by Crippen LogP contribution is -1.93. The summed E-state index contributed by atoms with van der Waals surface area (Å²) in [6, 6.07) is 21.4. The fraction of sp³-hybridized carbons (Fsp3) is 0.115. The number of ether oxygens (including phenoxy) is 4. The highest BCUT2D eigenvalue weighted by atomic mass is 32.1. The lowest BCUT2D eigenvalue weighted by Gasteiger charge is -2.09. The summed E-state index contributed by atoms with van der Waals surface area (Å²) in [5, 5.41) is 1.01. The van der Waals surface area contributed by atoms with Gasteiger partial charge in [0.15, 0.2) is 5.75 Å². The molecule has 0 bridgehead atoms. The topological polar surface area (TPSA) is 54.0 Å². The Morgan fingerprint density at radius 1 is 0.812 bits per heavy atom. The van der Waals surface area contributed by atoms with Crippen molar-refractivity contribution in [3.8, 4) is 33.4 Å². The van der Waals surface area contributed by atoms with Crippen LogP contribution < -0.4 is 14.2 Å². The SMILES string of the molecule is COC(=O)/C=C/c1ccc(Oc2c(-c3ccc(OC)cc3)sc3cc(OC)ccc23)cc1. The smallest absolute Gasteiger partial charge is 0.330 e. The average Bonchev–Trinajstić information content (AvgIpc) is 3.20. The van der Waals surface area contributed by atoms with E-state index in [0.717, 1.165) is 43.3 Å². The number of fused-ring (bicyclic) bond motifs is 1. The zero-order valence-electron chi connectivity index (χ0n) is 18.0.